The topological polar surface area (TPSA) is 46.4 Å². The molecule has 1 rings (SSSR count). The van der Waals surface area contributed by atoms with Crippen molar-refractivity contribution in [3.05, 3.63) is 32.5 Å². The van der Waals surface area contributed by atoms with Gasteiger partial charge in [-0.2, -0.15) is 0 Å². The summed E-state index contributed by atoms with van der Waals surface area (Å²) in [5.41, 5.74) is 0.276. The van der Waals surface area contributed by atoms with E-state index in [9.17, 15) is 14.5 Å². The molecule has 1 aromatic rings. The van der Waals surface area contributed by atoms with Gasteiger partial charge in [-0.05, 0) is 27.8 Å². The summed E-state index contributed by atoms with van der Waals surface area (Å²) in [6, 6.07) is 2.48. The van der Waals surface area contributed by atoms with Crippen LogP contribution in [0.1, 0.15) is 27.7 Å². The molecule has 0 heterocycles. The van der Waals surface area contributed by atoms with E-state index >= 15 is 0 Å². The van der Waals surface area contributed by atoms with Crippen molar-refractivity contribution >= 4 is 27.3 Å². The Kier molecular flexibility index (Phi) is 5.92. The van der Waals surface area contributed by atoms with Gasteiger partial charge in [0.1, 0.15) is 11.5 Å². The van der Waals surface area contributed by atoms with Crippen LogP contribution in [0.25, 0.3) is 0 Å². The molecule has 0 saturated heterocycles. The van der Waals surface area contributed by atoms with Gasteiger partial charge in [0.05, 0.1) is 9.40 Å². The fourth-order valence-electron chi connectivity index (χ4n) is 2.08. The maximum atomic E-state index is 13.8. The Labute approximate surface area is 127 Å². The van der Waals surface area contributed by atoms with Crippen LogP contribution in [0, 0.1) is 27.8 Å². The second-order valence-electron chi connectivity index (χ2n) is 5.70. The van der Waals surface area contributed by atoms with Crippen LogP contribution in [-0.4, -0.2) is 18.0 Å². The van der Waals surface area contributed by atoms with Crippen molar-refractivity contribution in [2.45, 2.75) is 27.7 Å². The van der Waals surface area contributed by atoms with Gasteiger partial charge in [0.15, 0.2) is 0 Å². The van der Waals surface area contributed by atoms with Crippen molar-refractivity contribution in [3.8, 4) is 0 Å². The predicted octanol–water partition coefficient (Wildman–Crippen LogP) is 4.61. The highest BCUT2D eigenvalue weighted by atomic mass is 79.9. The zero-order valence-electron chi connectivity index (χ0n) is 12.2. The van der Waals surface area contributed by atoms with Crippen molar-refractivity contribution in [2.75, 3.05) is 18.0 Å². The number of anilines is 1. The third-order valence-electron chi connectivity index (χ3n) is 2.73. The zero-order chi connectivity index (χ0) is 15.4. The first-order valence-electron chi connectivity index (χ1n) is 6.60. The van der Waals surface area contributed by atoms with Crippen molar-refractivity contribution < 1.29 is 9.31 Å². The normalized spacial score (nSPS) is 11.2. The minimum Gasteiger partial charge on any atom is -0.365 e. The van der Waals surface area contributed by atoms with Gasteiger partial charge in [0.25, 0.3) is 5.69 Å². The van der Waals surface area contributed by atoms with Gasteiger partial charge < -0.3 is 4.90 Å². The van der Waals surface area contributed by atoms with Gasteiger partial charge >= 0.3 is 0 Å². The predicted molar refractivity (Wildman–Crippen MR) is 82.6 cm³/mol. The van der Waals surface area contributed by atoms with Crippen LogP contribution in [-0.2, 0) is 0 Å². The van der Waals surface area contributed by atoms with E-state index < -0.39 is 10.7 Å². The molecule has 112 valence electrons. The Hall–Kier alpha value is -1.17. The lowest BCUT2D eigenvalue weighted by Gasteiger charge is -2.28. The largest absolute Gasteiger partial charge is 0.365 e. The lowest BCUT2D eigenvalue weighted by molar-refractivity contribution is -0.384. The summed E-state index contributed by atoms with van der Waals surface area (Å²) < 4.78 is 13.9. The highest BCUT2D eigenvalue weighted by Gasteiger charge is 2.23. The summed E-state index contributed by atoms with van der Waals surface area (Å²) in [6.45, 7) is 9.45. The smallest absolute Gasteiger partial charge is 0.293 e. The first-order valence-corrected chi connectivity index (χ1v) is 7.40. The van der Waals surface area contributed by atoms with E-state index in [1.54, 1.807) is 0 Å². The molecular weight excluding hydrogens is 327 g/mol. The van der Waals surface area contributed by atoms with E-state index in [2.05, 4.69) is 15.9 Å². The minimum absolute atomic E-state index is 0.0698. The second-order valence-corrected chi connectivity index (χ2v) is 6.56. The number of nitrogens with zero attached hydrogens (tertiary/aromatic N) is 2. The maximum Gasteiger partial charge on any atom is 0.293 e. The summed E-state index contributed by atoms with van der Waals surface area (Å²) >= 11 is 3.00. The number of nitro benzene ring substituents is 1. The molecule has 0 unspecified atom stereocenters. The van der Waals surface area contributed by atoms with Crippen LogP contribution in [0.3, 0.4) is 0 Å². The third kappa shape index (κ3) is 4.44. The highest BCUT2D eigenvalue weighted by molar-refractivity contribution is 9.10. The van der Waals surface area contributed by atoms with Crippen molar-refractivity contribution in [3.63, 3.8) is 0 Å². The third-order valence-corrected chi connectivity index (χ3v) is 3.33. The average Bonchev–Trinajstić information content (AvgIpc) is 2.29. The Bertz CT molecular complexity index is 482. The Morgan fingerprint density at radius 2 is 1.75 bits per heavy atom. The van der Waals surface area contributed by atoms with E-state index in [1.807, 2.05) is 32.6 Å². The Balaban J connectivity index is 3.29. The molecule has 0 aromatic heterocycles. The van der Waals surface area contributed by atoms with Gasteiger partial charge in [-0.25, -0.2) is 4.39 Å². The number of hydrogen-bond donors (Lipinski definition) is 0. The zero-order valence-corrected chi connectivity index (χ0v) is 13.8. The van der Waals surface area contributed by atoms with Crippen molar-refractivity contribution in [1.29, 1.82) is 0 Å². The van der Waals surface area contributed by atoms with Gasteiger partial charge in [0.2, 0.25) is 0 Å². The molecule has 0 aliphatic rings. The quantitative estimate of drug-likeness (QED) is 0.557. The maximum absolute atomic E-state index is 13.8. The van der Waals surface area contributed by atoms with E-state index in [4.69, 9.17) is 0 Å². The molecule has 1 aromatic carbocycles. The Morgan fingerprint density at radius 3 is 2.15 bits per heavy atom. The number of benzene rings is 1. The van der Waals surface area contributed by atoms with Crippen LogP contribution in [0.15, 0.2) is 16.6 Å². The van der Waals surface area contributed by atoms with Gasteiger partial charge in [-0.1, -0.05) is 27.7 Å². The molecule has 0 N–H and O–H groups in total. The van der Waals surface area contributed by atoms with Crippen LogP contribution in [0.2, 0.25) is 0 Å². The highest BCUT2D eigenvalue weighted by Crippen LogP contribution is 2.34. The van der Waals surface area contributed by atoms with Gasteiger partial charge in [0, 0.05) is 25.2 Å². The number of nitro groups is 1. The van der Waals surface area contributed by atoms with Crippen molar-refractivity contribution in [1.82, 2.24) is 0 Å². The molecule has 4 nitrogen and oxygen atoms in total. The summed E-state index contributed by atoms with van der Waals surface area (Å²) in [4.78, 5) is 12.6. The summed E-state index contributed by atoms with van der Waals surface area (Å²) in [5, 5.41) is 11.2. The standard InChI is InChI=1S/C14H20BrFN2O2/c1-9(2)7-17(8-10(3)4)13-6-12(16)11(15)5-14(13)18(19)20/h5-6,9-10H,7-8H2,1-4H3. The van der Waals surface area contributed by atoms with E-state index in [-0.39, 0.29) is 10.2 Å². The molecule has 0 spiro atoms. The first-order chi connectivity index (χ1) is 9.22. The number of halogens is 2. The first kappa shape index (κ1) is 16.9. The van der Waals surface area contributed by atoms with E-state index in [1.165, 1.54) is 12.1 Å². The van der Waals surface area contributed by atoms with E-state index in [0.717, 1.165) is 0 Å². The molecule has 20 heavy (non-hydrogen) atoms. The number of hydrogen-bond acceptors (Lipinski definition) is 3. The Morgan fingerprint density at radius 1 is 1.25 bits per heavy atom. The molecule has 0 fully saturated rings. The van der Waals surface area contributed by atoms with E-state index in [0.29, 0.717) is 30.6 Å². The lowest BCUT2D eigenvalue weighted by atomic mass is 10.1. The van der Waals surface area contributed by atoms with Crippen LogP contribution in [0.4, 0.5) is 15.8 Å². The average molecular weight is 347 g/mol. The van der Waals surface area contributed by atoms with Crippen LogP contribution >= 0.6 is 15.9 Å². The monoisotopic (exact) mass is 346 g/mol. The molecule has 0 amide bonds. The molecule has 0 aliphatic heterocycles. The molecule has 0 saturated carbocycles. The molecule has 0 aliphatic carbocycles. The fraction of sp³-hybridized carbons (Fsp3) is 0.571. The second kappa shape index (κ2) is 7.02. The summed E-state index contributed by atoms with van der Waals surface area (Å²) in [7, 11) is 0. The fourth-order valence-corrected chi connectivity index (χ4v) is 2.41. The van der Waals surface area contributed by atoms with Crippen LogP contribution in [0.5, 0.6) is 0 Å². The lowest BCUT2D eigenvalue weighted by Crippen LogP contribution is -2.32. The van der Waals surface area contributed by atoms with Crippen molar-refractivity contribution in [2.24, 2.45) is 11.8 Å². The summed E-state index contributed by atoms with van der Waals surface area (Å²) in [6.07, 6.45) is 0. The minimum atomic E-state index is -0.483. The molecular formula is C14H20BrFN2O2. The van der Waals surface area contributed by atoms with Crippen LogP contribution < -0.4 is 4.90 Å². The molecule has 6 heteroatoms. The molecule has 0 bridgehead atoms. The number of rotatable bonds is 6. The van der Waals surface area contributed by atoms with Gasteiger partial charge in [-0.15, -0.1) is 0 Å². The molecule has 0 atom stereocenters. The SMILES string of the molecule is CC(C)CN(CC(C)C)c1cc(F)c(Br)cc1[N+](=O)[O-]. The molecule has 0 radical (unpaired) electrons. The van der Waals surface area contributed by atoms with Gasteiger partial charge in [-0.3, -0.25) is 10.1 Å². The summed E-state index contributed by atoms with van der Waals surface area (Å²) in [5.74, 6) is 0.184.